The van der Waals surface area contributed by atoms with E-state index in [1.54, 1.807) is 6.92 Å². The van der Waals surface area contributed by atoms with Gasteiger partial charge in [0, 0.05) is 23.9 Å². The fourth-order valence-electron chi connectivity index (χ4n) is 5.26. The van der Waals surface area contributed by atoms with Gasteiger partial charge in [-0.2, -0.15) is 0 Å². The maximum absolute atomic E-state index is 13.4. The molecule has 0 unspecified atom stereocenters. The second-order valence-corrected chi connectivity index (χ2v) is 13.2. The highest BCUT2D eigenvalue weighted by Crippen LogP contribution is 2.19. The number of carboxylic acid groups (broad SMARTS) is 1. The molecule has 1 saturated heterocycles. The highest BCUT2D eigenvalue weighted by molar-refractivity contribution is 7.11. The SMILES string of the molecule is CC[C@H](C)[C@H](NC(=O)[C@H]1CCCN1)C(=O)N[C@H](CC(=O)c1nc(C(=O)N[C@@H](Cc2ccccc2)C[C@H](C)C(=O)O)cs1)C(C)C. The number of ketones is 1. The number of aromatic nitrogens is 1. The van der Waals surface area contributed by atoms with Gasteiger partial charge in [0.15, 0.2) is 10.8 Å². The third-order valence-corrected chi connectivity index (χ3v) is 9.29. The lowest BCUT2D eigenvalue weighted by molar-refractivity contribution is -0.141. The zero-order valence-corrected chi connectivity index (χ0v) is 27.6. The van der Waals surface area contributed by atoms with Crippen LogP contribution in [0.5, 0.6) is 0 Å². The zero-order chi connectivity index (χ0) is 33.1. The Balaban J connectivity index is 1.66. The summed E-state index contributed by atoms with van der Waals surface area (Å²) in [6.07, 6.45) is 2.99. The van der Waals surface area contributed by atoms with E-state index in [0.29, 0.717) is 12.8 Å². The molecule has 3 amide bonds. The lowest BCUT2D eigenvalue weighted by atomic mass is 9.94. The van der Waals surface area contributed by atoms with E-state index in [9.17, 15) is 29.1 Å². The number of nitrogens with one attached hydrogen (secondary N) is 4. The normalized spacial score (nSPS) is 18.0. The molecule has 2 aromatic rings. The molecule has 1 fully saturated rings. The van der Waals surface area contributed by atoms with Crippen molar-refractivity contribution in [3.63, 3.8) is 0 Å². The molecule has 11 nitrogen and oxygen atoms in total. The van der Waals surface area contributed by atoms with Crippen molar-refractivity contribution in [2.45, 2.75) is 97.3 Å². The van der Waals surface area contributed by atoms with Gasteiger partial charge < -0.3 is 26.4 Å². The molecule has 0 bridgehead atoms. The molecular formula is C33H47N5O6S. The molecular weight excluding hydrogens is 594 g/mol. The molecule has 0 aliphatic carbocycles. The van der Waals surface area contributed by atoms with Gasteiger partial charge in [-0.15, -0.1) is 11.3 Å². The Kier molecular flexibility index (Phi) is 13.7. The molecule has 1 aliphatic rings. The summed E-state index contributed by atoms with van der Waals surface area (Å²) in [5.74, 6) is -3.12. The molecule has 0 saturated carbocycles. The predicted octanol–water partition coefficient (Wildman–Crippen LogP) is 3.59. The number of hydrogen-bond acceptors (Lipinski definition) is 8. The van der Waals surface area contributed by atoms with Crippen LogP contribution in [0.2, 0.25) is 0 Å². The summed E-state index contributed by atoms with van der Waals surface area (Å²) in [6.45, 7) is 10.1. The molecule has 3 rings (SSSR count). The van der Waals surface area contributed by atoms with Gasteiger partial charge in [-0.05, 0) is 49.6 Å². The molecule has 1 aromatic carbocycles. The van der Waals surface area contributed by atoms with Crippen LogP contribution >= 0.6 is 11.3 Å². The molecule has 0 spiro atoms. The van der Waals surface area contributed by atoms with Crippen molar-refractivity contribution in [3.05, 3.63) is 52.0 Å². The number of aliphatic carboxylic acids is 1. The standard InChI is InChI=1S/C33H47N5O6S/c1-6-20(4)28(38-29(40)24-13-10-14-34-24)31(42)36-25(19(2)3)17-27(39)32-37-26(18-45-32)30(41)35-23(15-21(5)33(43)44)16-22-11-8-7-9-12-22/h7-9,11-12,18-21,23-25,28,34H,6,10,13-17H2,1-5H3,(H,35,41)(H,36,42)(H,38,40)(H,43,44)/t20-,21-,23+,24+,25+,28-/m0/s1. The van der Waals surface area contributed by atoms with Gasteiger partial charge in [-0.1, -0.05) is 71.4 Å². The minimum atomic E-state index is -0.945. The average Bonchev–Trinajstić information content (AvgIpc) is 3.73. The van der Waals surface area contributed by atoms with Crippen LogP contribution in [0, 0.1) is 17.8 Å². The fourth-order valence-corrected chi connectivity index (χ4v) is 6.01. The quantitative estimate of drug-likeness (QED) is 0.164. The summed E-state index contributed by atoms with van der Waals surface area (Å²) in [5.41, 5.74) is 1.04. The molecule has 2 heterocycles. The molecule has 6 atom stereocenters. The van der Waals surface area contributed by atoms with Crippen LogP contribution in [-0.2, 0) is 20.8 Å². The largest absolute Gasteiger partial charge is 0.481 e. The lowest BCUT2D eigenvalue weighted by Gasteiger charge is -2.29. The minimum Gasteiger partial charge on any atom is -0.481 e. The number of carbonyl (C=O) groups is 5. The Bertz CT molecular complexity index is 1310. The summed E-state index contributed by atoms with van der Waals surface area (Å²) in [6, 6.07) is 7.49. The number of hydrogen-bond donors (Lipinski definition) is 5. The van der Waals surface area contributed by atoms with Crippen LogP contribution < -0.4 is 21.3 Å². The van der Waals surface area contributed by atoms with E-state index in [1.165, 1.54) is 5.38 Å². The second kappa shape index (κ2) is 17.2. The Morgan fingerprint density at radius 2 is 1.76 bits per heavy atom. The number of carboxylic acids is 1. The highest BCUT2D eigenvalue weighted by Gasteiger charge is 2.32. The summed E-state index contributed by atoms with van der Waals surface area (Å²) in [5, 5.41) is 23.1. The van der Waals surface area contributed by atoms with Crippen molar-refractivity contribution in [1.82, 2.24) is 26.3 Å². The average molecular weight is 642 g/mol. The first-order valence-electron chi connectivity index (χ1n) is 15.8. The van der Waals surface area contributed by atoms with Gasteiger partial charge in [-0.25, -0.2) is 4.98 Å². The number of carbonyl (C=O) groups excluding carboxylic acids is 4. The third kappa shape index (κ3) is 10.7. The first kappa shape index (κ1) is 35.8. The van der Waals surface area contributed by atoms with Crippen molar-refractivity contribution in [1.29, 1.82) is 0 Å². The van der Waals surface area contributed by atoms with E-state index in [1.807, 2.05) is 58.0 Å². The van der Waals surface area contributed by atoms with Crippen LogP contribution in [0.25, 0.3) is 0 Å². The van der Waals surface area contributed by atoms with Gasteiger partial charge in [0.1, 0.15) is 11.7 Å². The van der Waals surface area contributed by atoms with Crippen molar-refractivity contribution in [3.8, 4) is 0 Å². The van der Waals surface area contributed by atoms with Gasteiger partial charge in [-0.3, -0.25) is 24.0 Å². The van der Waals surface area contributed by atoms with Crippen LogP contribution in [0.4, 0.5) is 0 Å². The van der Waals surface area contributed by atoms with Crippen molar-refractivity contribution >= 4 is 40.8 Å². The Morgan fingerprint density at radius 3 is 2.36 bits per heavy atom. The van der Waals surface area contributed by atoms with Crippen molar-refractivity contribution in [2.75, 3.05) is 6.54 Å². The first-order chi connectivity index (χ1) is 21.4. The number of rotatable bonds is 17. The summed E-state index contributed by atoms with van der Waals surface area (Å²) >= 11 is 1.05. The Labute approximate surface area is 269 Å². The van der Waals surface area contributed by atoms with Gasteiger partial charge >= 0.3 is 5.97 Å². The van der Waals surface area contributed by atoms with E-state index in [-0.39, 0.29) is 59.0 Å². The Hall–Kier alpha value is -3.64. The monoisotopic (exact) mass is 641 g/mol. The number of benzene rings is 1. The smallest absolute Gasteiger partial charge is 0.306 e. The van der Waals surface area contributed by atoms with E-state index in [4.69, 9.17) is 0 Å². The fraction of sp³-hybridized carbons (Fsp3) is 0.576. The van der Waals surface area contributed by atoms with E-state index >= 15 is 0 Å². The molecule has 45 heavy (non-hydrogen) atoms. The second-order valence-electron chi connectivity index (χ2n) is 12.4. The summed E-state index contributed by atoms with van der Waals surface area (Å²) in [7, 11) is 0. The number of thiazole rings is 1. The van der Waals surface area contributed by atoms with Crippen LogP contribution in [0.15, 0.2) is 35.7 Å². The molecule has 0 radical (unpaired) electrons. The maximum Gasteiger partial charge on any atom is 0.306 e. The number of nitrogens with zero attached hydrogens (tertiary/aromatic N) is 1. The van der Waals surface area contributed by atoms with E-state index < -0.39 is 35.9 Å². The molecule has 5 N–H and O–H groups in total. The molecule has 246 valence electrons. The topological polar surface area (TPSA) is 167 Å². The van der Waals surface area contributed by atoms with Crippen molar-refractivity contribution < 1.29 is 29.1 Å². The maximum atomic E-state index is 13.4. The van der Waals surface area contributed by atoms with Crippen LogP contribution in [-0.4, -0.2) is 70.3 Å². The number of Topliss-reactive ketones (excluding diaryl/α,β-unsaturated/α-hetero) is 1. The molecule has 12 heteroatoms. The highest BCUT2D eigenvalue weighted by atomic mass is 32.1. The summed E-state index contributed by atoms with van der Waals surface area (Å²) < 4.78 is 0. The van der Waals surface area contributed by atoms with Gasteiger partial charge in [0.25, 0.3) is 5.91 Å². The summed E-state index contributed by atoms with van der Waals surface area (Å²) in [4.78, 5) is 68.4. The first-order valence-corrected chi connectivity index (χ1v) is 16.7. The lowest BCUT2D eigenvalue weighted by Crippen LogP contribution is -2.56. The number of amides is 3. The zero-order valence-electron chi connectivity index (χ0n) is 26.8. The van der Waals surface area contributed by atoms with E-state index in [0.717, 1.165) is 36.3 Å². The van der Waals surface area contributed by atoms with E-state index in [2.05, 4.69) is 26.3 Å². The van der Waals surface area contributed by atoms with Gasteiger partial charge in [0.05, 0.1) is 12.0 Å². The van der Waals surface area contributed by atoms with Crippen LogP contribution in [0.3, 0.4) is 0 Å². The van der Waals surface area contributed by atoms with Crippen LogP contribution in [0.1, 0.15) is 92.6 Å². The van der Waals surface area contributed by atoms with Gasteiger partial charge in [0.2, 0.25) is 11.8 Å². The molecule has 1 aliphatic heterocycles. The predicted molar refractivity (Wildman–Crippen MR) is 173 cm³/mol. The molecule has 1 aromatic heterocycles. The Morgan fingerprint density at radius 1 is 1.04 bits per heavy atom. The van der Waals surface area contributed by atoms with Crippen molar-refractivity contribution in [2.24, 2.45) is 17.8 Å². The third-order valence-electron chi connectivity index (χ3n) is 8.40. The minimum absolute atomic E-state index is 0.0178.